The molecule has 6 rings (SSSR count). The fourth-order valence-electron chi connectivity index (χ4n) is 5.58. The minimum Gasteiger partial charge on any atom is -0.436 e. The maximum absolute atomic E-state index is 13.4. The average molecular weight is 578 g/mol. The van der Waals surface area contributed by atoms with E-state index in [1.165, 1.54) is 11.1 Å². The number of ether oxygens (including phenoxy) is 1. The second kappa shape index (κ2) is 9.84. The van der Waals surface area contributed by atoms with E-state index in [1.54, 1.807) is 29.0 Å². The van der Waals surface area contributed by atoms with Gasteiger partial charge in [-0.15, -0.1) is 0 Å². The standard InChI is InChI=1S/C25H23ClF3N7O4/c26-17-8-13-9-19(22(37)35(12-25(27,28)29)11-16(13)15-10-31-33-20(15)17)40-24(39)34-6-3-14(4-7-34)36-18-2-1-5-30-21(18)32-23(36)38/h1-2,5,8,10,14,19H,3-4,6-7,9,11-12H2,(H,31,33)(H,30,32,38). The molecule has 0 spiro atoms. The normalized spacial score (nSPS) is 18.8. The van der Waals surface area contributed by atoms with Crippen LogP contribution in [0, 0.1) is 0 Å². The van der Waals surface area contributed by atoms with Gasteiger partial charge < -0.3 is 14.5 Å². The van der Waals surface area contributed by atoms with Crippen LogP contribution in [0.1, 0.15) is 30.0 Å². The number of pyridine rings is 1. The minimum atomic E-state index is -4.66. The first-order valence-corrected chi connectivity index (χ1v) is 13.0. The lowest BCUT2D eigenvalue weighted by Crippen LogP contribution is -2.47. The Morgan fingerprint density at radius 3 is 2.75 bits per heavy atom. The number of carbonyl (C=O) groups excluding carboxylic acids is 2. The summed E-state index contributed by atoms with van der Waals surface area (Å²) < 4.78 is 47.4. The lowest BCUT2D eigenvalue weighted by Gasteiger charge is -2.33. The summed E-state index contributed by atoms with van der Waals surface area (Å²) in [5.41, 5.74) is 2.24. The molecular formula is C25H23ClF3N7O4. The second-order valence-corrected chi connectivity index (χ2v) is 10.3. The predicted molar refractivity (Wildman–Crippen MR) is 137 cm³/mol. The number of alkyl halides is 3. The van der Waals surface area contributed by atoms with Crippen molar-refractivity contribution in [2.75, 3.05) is 19.6 Å². The van der Waals surface area contributed by atoms with E-state index in [-0.39, 0.29) is 42.8 Å². The number of hydrogen-bond acceptors (Lipinski definition) is 6. The predicted octanol–water partition coefficient (Wildman–Crippen LogP) is 3.54. The monoisotopic (exact) mass is 577 g/mol. The Labute approximate surface area is 228 Å². The summed E-state index contributed by atoms with van der Waals surface area (Å²) in [6.07, 6.45) is -3.18. The van der Waals surface area contributed by atoms with Gasteiger partial charge in [-0.05, 0) is 42.2 Å². The molecule has 1 atom stereocenters. The number of rotatable bonds is 3. The highest BCUT2D eigenvalue weighted by molar-refractivity contribution is 6.35. The summed E-state index contributed by atoms with van der Waals surface area (Å²) in [6, 6.07) is 4.88. The third-order valence-corrected chi connectivity index (χ3v) is 7.72. The van der Waals surface area contributed by atoms with Gasteiger partial charge in [-0.3, -0.25) is 19.4 Å². The summed E-state index contributed by atoms with van der Waals surface area (Å²) in [4.78, 5) is 47.8. The van der Waals surface area contributed by atoms with Gasteiger partial charge in [0.2, 0.25) is 0 Å². The molecule has 2 aliphatic rings. The molecule has 0 saturated carbocycles. The van der Waals surface area contributed by atoms with Gasteiger partial charge in [0.15, 0.2) is 11.8 Å². The van der Waals surface area contributed by atoms with Crippen molar-refractivity contribution in [3.63, 3.8) is 0 Å². The summed E-state index contributed by atoms with van der Waals surface area (Å²) in [5.74, 6) is -0.942. The highest BCUT2D eigenvalue weighted by Gasteiger charge is 2.40. The number of carbonyl (C=O) groups is 2. The Balaban J connectivity index is 1.21. The van der Waals surface area contributed by atoms with Gasteiger partial charge in [-0.2, -0.15) is 18.3 Å². The van der Waals surface area contributed by atoms with E-state index >= 15 is 0 Å². The number of hydrogen-bond donors (Lipinski definition) is 2. The van der Waals surface area contributed by atoms with Crippen LogP contribution >= 0.6 is 11.6 Å². The van der Waals surface area contributed by atoms with Crippen LogP contribution in [0.25, 0.3) is 22.1 Å². The SMILES string of the molecule is O=C(OC1Cc2cc(Cl)c3[nH]ncc3c2CN(CC(F)(F)F)C1=O)N1CCC(n2c(=O)[nH]c3ncccc32)CC1. The van der Waals surface area contributed by atoms with E-state index < -0.39 is 30.8 Å². The molecule has 0 aliphatic carbocycles. The van der Waals surface area contributed by atoms with Crippen molar-refractivity contribution in [2.24, 2.45) is 0 Å². The summed E-state index contributed by atoms with van der Waals surface area (Å²) in [6.45, 7) is -1.38. The summed E-state index contributed by atoms with van der Waals surface area (Å²) in [7, 11) is 0. The number of halogens is 4. The largest absolute Gasteiger partial charge is 0.436 e. The van der Waals surface area contributed by atoms with E-state index in [9.17, 15) is 27.6 Å². The molecule has 2 amide bonds. The van der Waals surface area contributed by atoms with Gasteiger partial charge in [-0.1, -0.05) is 11.6 Å². The van der Waals surface area contributed by atoms with Crippen molar-refractivity contribution < 1.29 is 27.5 Å². The molecule has 2 N–H and O–H groups in total. The van der Waals surface area contributed by atoms with Gasteiger partial charge in [0.05, 0.1) is 22.3 Å². The first kappa shape index (κ1) is 26.2. The highest BCUT2D eigenvalue weighted by atomic mass is 35.5. The van der Waals surface area contributed by atoms with Crippen LogP contribution in [-0.2, 0) is 22.5 Å². The molecule has 1 saturated heterocycles. The zero-order chi connectivity index (χ0) is 28.2. The van der Waals surface area contributed by atoms with Gasteiger partial charge in [0, 0.05) is 43.7 Å². The third-order valence-electron chi connectivity index (χ3n) is 7.42. The third kappa shape index (κ3) is 4.76. The summed E-state index contributed by atoms with van der Waals surface area (Å²) in [5, 5.41) is 7.45. The molecule has 1 fully saturated rings. The van der Waals surface area contributed by atoms with Crippen molar-refractivity contribution in [1.82, 2.24) is 34.5 Å². The number of likely N-dealkylation sites (tertiary alicyclic amines) is 1. The number of imidazole rings is 1. The number of nitrogens with one attached hydrogen (secondary N) is 2. The Hall–Kier alpha value is -4.07. The fourth-order valence-corrected chi connectivity index (χ4v) is 5.85. The quantitative estimate of drug-likeness (QED) is 0.383. The maximum Gasteiger partial charge on any atom is 0.410 e. The molecule has 0 bridgehead atoms. The summed E-state index contributed by atoms with van der Waals surface area (Å²) >= 11 is 6.35. The van der Waals surface area contributed by atoms with E-state index in [0.29, 0.717) is 50.9 Å². The average Bonchev–Trinajstić information content (AvgIpc) is 3.50. The molecule has 1 aromatic carbocycles. The van der Waals surface area contributed by atoms with Crippen LogP contribution in [0.15, 0.2) is 35.4 Å². The number of nitrogens with zero attached hydrogens (tertiary/aromatic N) is 5. The Morgan fingerprint density at radius 1 is 1.23 bits per heavy atom. The molecule has 11 nitrogen and oxygen atoms in total. The molecule has 3 aromatic heterocycles. The fraction of sp³-hybridized carbons (Fsp3) is 0.400. The first-order chi connectivity index (χ1) is 19.1. The van der Waals surface area contributed by atoms with Crippen LogP contribution in [-0.4, -0.2) is 78.4 Å². The Kier molecular flexibility index (Phi) is 6.44. The van der Waals surface area contributed by atoms with E-state index in [2.05, 4.69) is 20.2 Å². The van der Waals surface area contributed by atoms with Gasteiger partial charge in [0.25, 0.3) is 5.91 Å². The number of fused-ring (bicyclic) bond motifs is 4. The Morgan fingerprint density at radius 2 is 2.00 bits per heavy atom. The van der Waals surface area contributed by atoms with Crippen molar-refractivity contribution >= 4 is 45.7 Å². The highest BCUT2D eigenvalue weighted by Crippen LogP contribution is 2.34. The number of aromatic amines is 2. The minimum absolute atomic E-state index is 0.136. The smallest absolute Gasteiger partial charge is 0.410 e. The number of aromatic nitrogens is 5. The number of piperidine rings is 1. The zero-order valence-electron chi connectivity index (χ0n) is 20.9. The molecule has 0 radical (unpaired) electrons. The van der Waals surface area contributed by atoms with Gasteiger partial charge >= 0.3 is 18.0 Å². The van der Waals surface area contributed by atoms with Gasteiger partial charge in [-0.25, -0.2) is 14.6 Å². The van der Waals surface area contributed by atoms with Crippen LogP contribution in [0.5, 0.6) is 0 Å². The second-order valence-electron chi connectivity index (χ2n) is 9.93. The van der Waals surface area contributed by atoms with E-state index in [4.69, 9.17) is 16.3 Å². The van der Waals surface area contributed by atoms with Crippen LogP contribution in [0.2, 0.25) is 5.02 Å². The molecular weight excluding hydrogens is 555 g/mol. The van der Waals surface area contributed by atoms with E-state index in [0.717, 1.165) is 0 Å². The van der Waals surface area contributed by atoms with Crippen molar-refractivity contribution in [1.29, 1.82) is 0 Å². The molecule has 210 valence electrons. The van der Waals surface area contributed by atoms with Crippen molar-refractivity contribution in [2.45, 2.75) is 44.1 Å². The zero-order valence-corrected chi connectivity index (χ0v) is 21.6. The van der Waals surface area contributed by atoms with Crippen LogP contribution < -0.4 is 5.69 Å². The lowest BCUT2D eigenvalue weighted by molar-refractivity contribution is -0.167. The number of amides is 2. The topological polar surface area (TPSA) is 129 Å². The molecule has 4 aromatic rings. The van der Waals surface area contributed by atoms with Crippen molar-refractivity contribution in [3.8, 4) is 0 Å². The number of H-pyrrole nitrogens is 2. The maximum atomic E-state index is 13.4. The van der Waals surface area contributed by atoms with Crippen molar-refractivity contribution in [3.05, 3.63) is 57.2 Å². The Bertz CT molecular complexity index is 1670. The van der Waals surface area contributed by atoms with Crippen LogP contribution in [0.4, 0.5) is 18.0 Å². The van der Waals surface area contributed by atoms with E-state index in [1.807, 2.05) is 0 Å². The molecule has 40 heavy (non-hydrogen) atoms. The molecule has 2 aliphatic heterocycles. The number of benzene rings is 1. The van der Waals surface area contributed by atoms with Gasteiger partial charge in [0.1, 0.15) is 6.54 Å². The molecule has 5 heterocycles. The first-order valence-electron chi connectivity index (χ1n) is 12.6. The molecule has 1 unspecified atom stereocenters. The molecule has 15 heteroatoms. The van der Waals surface area contributed by atoms with Crippen LogP contribution in [0.3, 0.4) is 0 Å². The lowest BCUT2D eigenvalue weighted by atomic mass is 9.99.